The number of carbonyl (C=O) groups excluding carboxylic acids is 1. The summed E-state index contributed by atoms with van der Waals surface area (Å²) in [5, 5.41) is 3.93. The van der Waals surface area contributed by atoms with Crippen LogP contribution in [0.5, 0.6) is 5.75 Å². The third-order valence-electron chi connectivity index (χ3n) is 4.61. The molecule has 0 aromatic heterocycles. The number of amides is 1. The number of piperidine rings is 1. The highest BCUT2D eigenvalue weighted by Gasteiger charge is 2.30. The van der Waals surface area contributed by atoms with Gasteiger partial charge < -0.3 is 15.0 Å². The number of carbonyl (C=O) groups is 1. The largest absolute Gasteiger partial charge is 0.476 e. The molecule has 1 aliphatic heterocycles. The Morgan fingerprint density at radius 2 is 1.76 bits per heavy atom. The molecule has 25 heavy (non-hydrogen) atoms. The van der Waals surface area contributed by atoms with E-state index in [1.165, 1.54) is 0 Å². The number of hydrogen-bond acceptors (Lipinski definition) is 3. The van der Waals surface area contributed by atoms with Crippen molar-refractivity contribution in [1.82, 2.24) is 10.2 Å². The third-order valence-corrected chi connectivity index (χ3v) is 4.86. The average molecular weight is 359 g/mol. The lowest BCUT2D eigenvalue weighted by atomic mass is 10.0. The first kappa shape index (κ1) is 17.8. The van der Waals surface area contributed by atoms with E-state index in [0.29, 0.717) is 16.8 Å². The van der Waals surface area contributed by atoms with Gasteiger partial charge in [-0.15, -0.1) is 0 Å². The Hall–Kier alpha value is -2.04. The van der Waals surface area contributed by atoms with Gasteiger partial charge in [0, 0.05) is 29.7 Å². The molecule has 1 atom stereocenters. The van der Waals surface area contributed by atoms with Crippen LogP contribution >= 0.6 is 11.6 Å². The van der Waals surface area contributed by atoms with Crippen molar-refractivity contribution in [3.8, 4) is 5.75 Å². The highest BCUT2D eigenvalue weighted by molar-refractivity contribution is 6.30. The van der Waals surface area contributed by atoms with Crippen molar-refractivity contribution in [3.63, 3.8) is 0 Å². The number of nitrogens with zero attached hydrogens (tertiary/aromatic N) is 1. The summed E-state index contributed by atoms with van der Waals surface area (Å²) in [6, 6.07) is 17.2. The van der Waals surface area contributed by atoms with E-state index in [2.05, 4.69) is 5.32 Å². The normalized spacial score (nSPS) is 16.5. The van der Waals surface area contributed by atoms with Crippen LogP contribution in [0.3, 0.4) is 0 Å². The van der Waals surface area contributed by atoms with Gasteiger partial charge in [0.2, 0.25) is 6.10 Å². The van der Waals surface area contributed by atoms with Crippen LogP contribution in [-0.2, 0) is 4.79 Å². The summed E-state index contributed by atoms with van der Waals surface area (Å²) < 4.78 is 6.06. The van der Waals surface area contributed by atoms with Gasteiger partial charge in [0.25, 0.3) is 5.91 Å². The highest BCUT2D eigenvalue weighted by Crippen LogP contribution is 2.26. The van der Waals surface area contributed by atoms with Crippen molar-refractivity contribution < 1.29 is 9.53 Å². The van der Waals surface area contributed by atoms with E-state index in [1.807, 2.05) is 42.3 Å². The lowest BCUT2D eigenvalue weighted by Gasteiger charge is -2.34. The van der Waals surface area contributed by atoms with Crippen LogP contribution in [0, 0.1) is 0 Å². The van der Waals surface area contributed by atoms with Gasteiger partial charge in [-0.2, -0.15) is 0 Å². The summed E-state index contributed by atoms with van der Waals surface area (Å²) in [4.78, 5) is 15.0. The number of nitrogens with one attached hydrogen (secondary N) is 1. The zero-order valence-electron chi connectivity index (χ0n) is 14.3. The molecule has 5 heteroatoms. The van der Waals surface area contributed by atoms with Crippen molar-refractivity contribution in [1.29, 1.82) is 0 Å². The van der Waals surface area contributed by atoms with E-state index in [9.17, 15) is 4.79 Å². The predicted molar refractivity (Wildman–Crippen MR) is 99.9 cm³/mol. The Balaban J connectivity index is 1.79. The minimum Gasteiger partial charge on any atom is -0.476 e. The Labute approximate surface area is 153 Å². The SMILES string of the molecule is CNC1CCN(C(=O)C(Oc2ccc(Cl)cc2)c2ccccc2)CC1. The first-order chi connectivity index (χ1) is 12.2. The topological polar surface area (TPSA) is 41.6 Å². The van der Waals surface area contributed by atoms with E-state index >= 15 is 0 Å². The number of benzene rings is 2. The second-order valence-corrected chi connectivity index (χ2v) is 6.69. The molecule has 2 aromatic rings. The molecule has 0 spiro atoms. The Morgan fingerprint density at radius 1 is 1.12 bits per heavy atom. The van der Waals surface area contributed by atoms with Gasteiger partial charge >= 0.3 is 0 Å². The van der Waals surface area contributed by atoms with Crippen LogP contribution < -0.4 is 10.1 Å². The summed E-state index contributed by atoms with van der Waals surface area (Å²) >= 11 is 5.94. The molecule has 4 nitrogen and oxygen atoms in total. The number of halogens is 1. The average Bonchev–Trinajstić information content (AvgIpc) is 2.68. The molecule has 1 fully saturated rings. The smallest absolute Gasteiger partial charge is 0.268 e. The molecule has 132 valence electrons. The number of ether oxygens (including phenoxy) is 1. The van der Waals surface area contributed by atoms with Crippen LogP contribution in [0.1, 0.15) is 24.5 Å². The van der Waals surface area contributed by atoms with Gasteiger partial charge in [-0.05, 0) is 44.2 Å². The van der Waals surface area contributed by atoms with Crippen molar-refractivity contribution in [3.05, 3.63) is 65.2 Å². The maximum Gasteiger partial charge on any atom is 0.268 e. The second-order valence-electron chi connectivity index (χ2n) is 6.25. The van der Waals surface area contributed by atoms with E-state index in [1.54, 1.807) is 24.3 Å². The molecular formula is C20H23ClN2O2. The van der Waals surface area contributed by atoms with E-state index in [-0.39, 0.29) is 5.91 Å². The molecule has 1 saturated heterocycles. The van der Waals surface area contributed by atoms with Gasteiger partial charge in [0.1, 0.15) is 5.75 Å². The van der Waals surface area contributed by atoms with E-state index < -0.39 is 6.10 Å². The first-order valence-corrected chi connectivity index (χ1v) is 8.98. The van der Waals surface area contributed by atoms with Crippen molar-refractivity contribution in [2.45, 2.75) is 25.0 Å². The molecule has 1 heterocycles. The summed E-state index contributed by atoms with van der Waals surface area (Å²) in [5.74, 6) is 0.646. The van der Waals surface area contributed by atoms with E-state index in [4.69, 9.17) is 16.3 Å². The minimum atomic E-state index is -0.645. The maximum absolute atomic E-state index is 13.1. The quantitative estimate of drug-likeness (QED) is 0.886. The molecule has 0 bridgehead atoms. The van der Waals surface area contributed by atoms with Gasteiger partial charge in [0.15, 0.2) is 0 Å². The number of rotatable bonds is 5. The Kier molecular flexibility index (Phi) is 5.95. The number of likely N-dealkylation sites (tertiary alicyclic amines) is 1. The zero-order chi connectivity index (χ0) is 17.6. The van der Waals surface area contributed by atoms with Gasteiger partial charge in [-0.1, -0.05) is 41.9 Å². The molecule has 0 saturated carbocycles. The number of hydrogen-bond donors (Lipinski definition) is 1. The maximum atomic E-state index is 13.1. The monoisotopic (exact) mass is 358 g/mol. The van der Waals surface area contributed by atoms with Crippen molar-refractivity contribution in [2.24, 2.45) is 0 Å². The van der Waals surface area contributed by atoms with Gasteiger partial charge in [-0.25, -0.2) is 0 Å². The molecule has 0 radical (unpaired) electrons. The molecular weight excluding hydrogens is 336 g/mol. The molecule has 2 aromatic carbocycles. The molecule has 0 aliphatic carbocycles. The van der Waals surface area contributed by atoms with Crippen LogP contribution in [-0.4, -0.2) is 37.0 Å². The van der Waals surface area contributed by atoms with Gasteiger partial charge in [0.05, 0.1) is 0 Å². The summed E-state index contributed by atoms with van der Waals surface area (Å²) in [6.45, 7) is 1.50. The van der Waals surface area contributed by atoms with Crippen LogP contribution in [0.25, 0.3) is 0 Å². The minimum absolute atomic E-state index is 0.00991. The fourth-order valence-corrected chi connectivity index (χ4v) is 3.22. The predicted octanol–water partition coefficient (Wildman–Crippen LogP) is 3.67. The zero-order valence-corrected chi connectivity index (χ0v) is 15.1. The lowest BCUT2D eigenvalue weighted by Crippen LogP contribution is -2.46. The summed E-state index contributed by atoms with van der Waals surface area (Å²) in [6.07, 6.45) is 1.28. The van der Waals surface area contributed by atoms with Crippen molar-refractivity contribution >= 4 is 17.5 Å². The fraction of sp³-hybridized carbons (Fsp3) is 0.350. The Bertz CT molecular complexity index is 683. The molecule has 1 unspecified atom stereocenters. The van der Waals surface area contributed by atoms with Gasteiger partial charge in [-0.3, -0.25) is 4.79 Å². The highest BCUT2D eigenvalue weighted by atomic mass is 35.5. The molecule has 3 rings (SSSR count). The third kappa shape index (κ3) is 4.53. The van der Waals surface area contributed by atoms with Crippen molar-refractivity contribution in [2.75, 3.05) is 20.1 Å². The summed E-state index contributed by atoms with van der Waals surface area (Å²) in [7, 11) is 1.97. The fourth-order valence-electron chi connectivity index (χ4n) is 3.09. The summed E-state index contributed by atoms with van der Waals surface area (Å²) in [5.41, 5.74) is 0.859. The molecule has 1 aliphatic rings. The van der Waals surface area contributed by atoms with Crippen LogP contribution in [0.4, 0.5) is 0 Å². The standard InChI is InChI=1S/C20H23ClN2O2/c1-22-17-11-13-23(14-12-17)20(24)19(15-5-3-2-4-6-15)25-18-9-7-16(21)8-10-18/h2-10,17,19,22H,11-14H2,1H3. The second kappa shape index (κ2) is 8.37. The Morgan fingerprint density at radius 3 is 2.36 bits per heavy atom. The molecule has 1 amide bonds. The van der Waals surface area contributed by atoms with E-state index in [0.717, 1.165) is 31.5 Å². The lowest BCUT2D eigenvalue weighted by molar-refractivity contribution is -0.140. The first-order valence-electron chi connectivity index (χ1n) is 8.60. The van der Waals surface area contributed by atoms with Crippen LogP contribution in [0.15, 0.2) is 54.6 Å². The molecule has 1 N–H and O–H groups in total. The van der Waals surface area contributed by atoms with Crippen LogP contribution in [0.2, 0.25) is 5.02 Å².